The second-order valence-corrected chi connectivity index (χ2v) is 6.19. The van der Waals surface area contributed by atoms with E-state index >= 15 is 0 Å². The highest BCUT2D eigenvalue weighted by Crippen LogP contribution is 2.25. The minimum absolute atomic E-state index is 0.00737. The summed E-state index contributed by atoms with van der Waals surface area (Å²) < 4.78 is 5.69. The molecule has 1 aliphatic carbocycles. The molecule has 25 heavy (non-hydrogen) atoms. The highest BCUT2D eigenvalue weighted by Gasteiger charge is 2.17. The average molecular weight is 340 g/mol. The summed E-state index contributed by atoms with van der Waals surface area (Å²) in [6.45, 7) is 0. The summed E-state index contributed by atoms with van der Waals surface area (Å²) in [6, 6.07) is 13.0. The van der Waals surface area contributed by atoms with E-state index in [0.29, 0.717) is 17.1 Å². The Bertz CT molecular complexity index is 752. The SMILES string of the molecule is O=C(NC1CCCCC1)c1cccc(Oc2ccc([N+](=O)[O-])cc2)c1. The van der Waals surface area contributed by atoms with Crippen LogP contribution < -0.4 is 10.1 Å². The fourth-order valence-corrected chi connectivity index (χ4v) is 2.99. The van der Waals surface area contributed by atoms with Crippen LogP contribution in [0.2, 0.25) is 0 Å². The van der Waals surface area contributed by atoms with Crippen molar-refractivity contribution in [1.29, 1.82) is 0 Å². The Morgan fingerprint density at radius 3 is 2.44 bits per heavy atom. The molecule has 2 aromatic rings. The summed E-state index contributed by atoms with van der Waals surface area (Å²) >= 11 is 0. The van der Waals surface area contributed by atoms with E-state index in [1.54, 1.807) is 24.3 Å². The highest BCUT2D eigenvalue weighted by atomic mass is 16.6. The van der Waals surface area contributed by atoms with Gasteiger partial charge in [-0.3, -0.25) is 14.9 Å². The minimum atomic E-state index is -0.458. The van der Waals surface area contributed by atoms with Crippen molar-refractivity contribution in [2.75, 3.05) is 0 Å². The Labute approximate surface area is 146 Å². The molecule has 6 heteroatoms. The molecule has 0 aromatic heterocycles. The smallest absolute Gasteiger partial charge is 0.269 e. The van der Waals surface area contributed by atoms with Gasteiger partial charge in [-0.15, -0.1) is 0 Å². The van der Waals surface area contributed by atoms with Gasteiger partial charge in [0.05, 0.1) is 4.92 Å². The average Bonchev–Trinajstić information content (AvgIpc) is 2.63. The number of ether oxygens (including phenoxy) is 1. The fourth-order valence-electron chi connectivity index (χ4n) is 2.99. The lowest BCUT2D eigenvalue weighted by Gasteiger charge is -2.22. The van der Waals surface area contributed by atoms with Crippen LogP contribution in [0.4, 0.5) is 5.69 Å². The van der Waals surface area contributed by atoms with E-state index in [9.17, 15) is 14.9 Å². The molecule has 1 saturated carbocycles. The number of nitro groups is 1. The number of non-ortho nitro benzene ring substituents is 1. The standard InChI is InChI=1S/C19H20N2O4/c22-19(20-15-6-2-1-3-7-15)14-5-4-8-18(13-14)25-17-11-9-16(10-12-17)21(23)24/h4-5,8-13,15H,1-3,6-7H2,(H,20,22). The van der Waals surface area contributed by atoms with Crippen LogP contribution in [0.15, 0.2) is 48.5 Å². The first-order valence-electron chi connectivity index (χ1n) is 8.45. The Kier molecular flexibility index (Phi) is 5.28. The van der Waals surface area contributed by atoms with Crippen LogP contribution in [-0.4, -0.2) is 16.9 Å². The van der Waals surface area contributed by atoms with Gasteiger partial charge in [-0.25, -0.2) is 0 Å². The molecule has 0 radical (unpaired) electrons. The molecule has 0 bridgehead atoms. The number of nitro benzene ring substituents is 1. The lowest BCUT2D eigenvalue weighted by Crippen LogP contribution is -2.36. The van der Waals surface area contributed by atoms with E-state index in [2.05, 4.69) is 5.32 Å². The number of nitrogens with one attached hydrogen (secondary N) is 1. The summed E-state index contributed by atoms with van der Waals surface area (Å²) in [4.78, 5) is 22.6. The third-order valence-electron chi connectivity index (χ3n) is 4.32. The molecule has 3 rings (SSSR count). The molecule has 1 fully saturated rings. The van der Waals surface area contributed by atoms with Gasteiger partial charge in [0.1, 0.15) is 11.5 Å². The summed E-state index contributed by atoms with van der Waals surface area (Å²) in [5, 5.41) is 13.8. The first kappa shape index (κ1) is 17.0. The topological polar surface area (TPSA) is 81.5 Å². The molecule has 6 nitrogen and oxygen atoms in total. The van der Waals surface area contributed by atoms with Crippen LogP contribution in [0.25, 0.3) is 0 Å². The molecule has 0 saturated heterocycles. The van der Waals surface area contributed by atoms with Gasteiger partial charge in [0.15, 0.2) is 0 Å². The van der Waals surface area contributed by atoms with Crippen molar-refractivity contribution >= 4 is 11.6 Å². The van der Waals surface area contributed by atoms with Crippen LogP contribution in [0, 0.1) is 10.1 Å². The van der Waals surface area contributed by atoms with E-state index in [4.69, 9.17) is 4.74 Å². The van der Waals surface area contributed by atoms with Gasteiger partial charge >= 0.3 is 0 Å². The molecule has 1 amide bonds. The quantitative estimate of drug-likeness (QED) is 0.644. The molecular formula is C19H20N2O4. The Hall–Kier alpha value is -2.89. The van der Waals surface area contributed by atoms with Gasteiger partial charge in [0, 0.05) is 23.7 Å². The summed E-state index contributed by atoms with van der Waals surface area (Å²) in [7, 11) is 0. The second-order valence-electron chi connectivity index (χ2n) is 6.19. The Morgan fingerprint density at radius 1 is 1.04 bits per heavy atom. The number of carbonyl (C=O) groups is 1. The number of hydrogen-bond donors (Lipinski definition) is 1. The van der Waals surface area contributed by atoms with E-state index in [1.165, 1.54) is 30.7 Å². The molecule has 0 unspecified atom stereocenters. The monoisotopic (exact) mass is 340 g/mol. The number of benzene rings is 2. The molecule has 1 N–H and O–H groups in total. The predicted molar refractivity (Wildman–Crippen MR) is 94.0 cm³/mol. The molecular weight excluding hydrogens is 320 g/mol. The lowest BCUT2D eigenvalue weighted by molar-refractivity contribution is -0.384. The number of carbonyl (C=O) groups excluding carboxylic acids is 1. The molecule has 1 aliphatic rings. The van der Waals surface area contributed by atoms with Crippen LogP contribution in [0.5, 0.6) is 11.5 Å². The van der Waals surface area contributed by atoms with Crippen LogP contribution >= 0.6 is 0 Å². The fraction of sp³-hybridized carbons (Fsp3) is 0.316. The zero-order valence-corrected chi connectivity index (χ0v) is 13.8. The molecule has 0 atom stereocenters. The Balaban J connectivity index is 1.66. The first-order valence-corrected chi connectivity index (χ1v) is 8.45. The lowest BCUT2D eigenvalue weighted by atomic mass is 9.95. The predicted octanol–water partition coefficient (Wildman–Crippen LogP) is 4.45. The van der Waals surface area contributed by atoms with Crippen molar-refractivity contribution in [3.8, 4) is 11.5 Å². The molecule has 0 spiro atoms. The highest BCUT2D eigenvalue weighted by molar-refractivity contribution is 5.94. The second kappa shape index (κ2) is 7.79. The molecule has 2 aromatic carbocycles. The number of nitrogens with zero attached hydrogens (tertiary/aromatic N) is 1. The van der Waals surface area contributed by atoms with Crippen molar-refractivity contribution in [1.82, 2.24) is 5.32 Å². The Morgan fingerprint density at radius 2 is 1.76 bits per heavy atom. The van der Waals surface area contributed by atoms with Gasteiger partial charge in [0.2, 0.25) is 0 Å². The number of hydrogen-bond acceptors (Lipinski definition) is 4. The van der Waals surface area contributed by atoms with Crippen LogP contribution in [0.1, 0.15) is 42.5 Å². The van der Waals surface area contributed by atoms with Crippen molar-refractivity contribution in [2.45, 2.75) is 38.1 Å². The zero-order valence-electron chi connectivity index (χ0n) is 13.8. The van der Waals surface area contributed by atoms with Gasteiger partial charge in [-0.05, 0) is 43.2 Å². The van der Waals surface area contributed by atoms with Crippen LogP contribution in [-0.2, 0) is 0 Å². The molecule has 0 aliphatic heterocycles. The van der Waals surface area contributed by atoms with Gasteiger partial charge in [-0.2, -0.15) is 0 Å². The van der Waals surface area contributed by atoms with Crippen molar-refractivity contribution in [2.24, 2.45) is 0 Å². The maximum atomic E-state index is 12.4. The van der Waals surface area contributed by atoms with Gasteiger partial charge in [-0.1, -0.05) is 25.3 Å². The van der Waals surface area contributed by atoms with E-state index in [1.807, 2.05) is 0 Å². The largest absolute Gasteiger partial charge is 0.457 e. The van der Waals surface area contributed by atoms with Crippen LogP contribution in [0.3, 0.4) is 0 Å². The van der Waals surface area contributed by atoms with Crippen molar-refractivity contribution < 1.29 is 14.5 Å². The van der Waals surface area contributed by atoms with E-state index < -0.39 is 4.92 Å². The summed E-state index contributed by atoms with van der Waals surface area (Å²) in [5.41, 5.74) is 0.554. The van der Waals surface area contributed by atoms with Crippen molar-refractivity contribution in [3.05, 3.63) is 64.2 Å². The maximum absolute atomic E-state index is 12.4. The first-order chi connectivity index (χ1) is 12.1. The number of rotatable bonds is 5. The molecule has 0 heterocycles. The van der Waals surface area contributed by atoms with Gasteiger partial charge in [0.25, 0.3) is 11.6 Å². The minimum Gasteiger partial charge on any atom is -0.457 e. The maximum Gasteiger partial charge on any atom is 0.269 e. The third kappa shape index (κ3) is 4.56. The molecule has 130 valence electrons. The van der Waals surface area contributed by atoms with E-state index in [-0.39, 0.29) is 17.6 Å². The summed E-state index contributed by atoms with van der Waals surface area (Å²) in [5.74, 6) is 0.904. The normalized spacial score (nSPS) is 14.7. The number of amides is 1. The third-order valence-corrected chi connectivity index (χ3v) is 4.32. The van der Waals surface area contributed by atoms with Gasteiger partial charge < -0.3 is 10.1 Å². The zero-order chi connectivity index (χ0) is 17.6. The summed E-state index contributed by atoms with van der Waals surface area (Å²) in [6.07, 6.45) is 5.63. The van der Waals surface area contributed by atoms with E-state index in [0.717, 1.165) is 25.7 Å². The van der Waals surface area contributed by atoms with Crippen molar-refractivity contribution in [3.63, 3.8) is 0 Å².